The highest BCUT2D eigenvalue weighted by atomic mass is 19.1. The van der Waals surface area contributed by atoms with Crippen molar-refractivity contribution >= 4 is 0 Å². The predicted octanol–water partition coefficient (Wildman–Crippen LogP) is 2.25. The van der Waals surface area contributed by atoms with Crippen LogP contribution in [-0.4, -0.2) is 4.98 Å². The second-order valence-electron chi connectivity index (χ2n) is 3.25. The third kappa shape index (κ3) is 1.89. The van der Waals surface area contributed by atoms with Crippen LogP contribution in [-0.2, 0) is 6.54 Å². The lowest BCUT2D eigenvalue weighted by Crippen LogP contribution is -2.02. The molecule has 0 aliphatic rings. The van der Waals surface area contributed by atoms with Crippen LogP contribution in [0, 0.1) is 12.9 Å². The molecule has 0 radical (unpaired) electrons. The summed E-state index contributed by atoms with van der Waals surface area (Å²) in [4.78, 5) is 4.27. The van der Waals surface area contributed by atoms with E-state index in [4.69, 9.17) is 10.2 Å². The first-order valence-corrected chi connectivity index (χ1v) is 4.63. The van der Waals surface area contributed by atoms with Gasteiger partial charge in [0.1, 0.15) is 5.76 Å². The van der Waals surface area contributed by atoms with E-state index in [0.717, 1.165) is 11.3 Å². The van der Waals surface area contributed by atoms with Crippen LogP contribution in [0.3, 0.4) is 0 Å². The molecule has 3 nitrogen and oxygen atoms in total. The summed E-state index contributed by atoms with van der Waals surface area (Å²) < 4.78 is 17.6. The average molecular weight is 206 g/mol. The minimum atomic E-state index is -0.603. The van der Waals surface area contributed by atoms with Gasteiger partial charge in [-0.3, -0.25) is 4.98 Å². The third-order valence-electron chi connectivity index (χ3n) is 2.15. The standard InChI is InChI=1S/C11H11FN2O/c1-7-2-3-8(9(6-13)14-7)10-4-5-11(12)15-10/h2-5H,6,13H2,1H3. The zero-order valence-electron chi connectivity index (χ0n) is 8.33. The SMILES string of the molecule is Cc1ccc(-c2ccc(F)o2)c(CN)n1. The predicted molar refractivity (Wildman–Crippen MR) is 54.5 cm³/mol. The number of nitrogens with two attached hydrogens (primary N) is 1. The van der Waals surface area contributed by atoms with Crippen molar-refractivity contribution in [1.82, 2.24) is 4.98 Å². The summed E-state index contributed by atoms with van der Waals surface area (Å²) >= 11 is 0. The van der Waals surface area contributed by atoms with Crippen molar-refractivity contribution in [2.75, 3.05) is 0 Å². The van der Waals surface area contributed by atoms with Crippen LogP contribution in [0.2, 0.25) is 0 Å². The fourth-order valence-corrected chi connectivity index (χ4v) is 1.45. The van der Waals surface area contributed by atoms with E-state index in [-0.39, 0.29) is 0 Å². The molecule has 0 aromatic carbocycles. The second-order valence-corrected chi connectivity index (χ2v) is 3.25. The zero-order chi connectivity index (χ0) is 10.8. The van der Waals surface area contributed by atoms with Gasteiger partial charge in [-0.2, -0.15) is 4.39 Å². The summed E-state index contributed by atoms with van der Waals surface area (Å²) in [6.07, 6.45) is 0. The normalized spacial score (nSPS) is 10.6. The van der Waals surface area contributed by atoms with E-state index in [1.807, 2.05) is 19.1 Å². The van der Waals surface area contributed by atoms with Crippen LogP contribution in [0.5, 0.6) is 0 Å². The summed E-state index contributed by atoms with van der Waals surface area (Å²) in [6.45, 7) is 2.19. The van der Waals surface area contributed by atoms with E-state index in [1.165, 1.54) is 6.07 Å². The van der Waals surface area contributed by atoms with Gasteiger partial charge in [-0.05, 0) is 25.1 Å². The van der Waals surface area contributed by atoms with Gasteiger partial charge in [-0.1, -0.05) is 0 Å². The van der Waals surface area contributed by atoms with Crippen LogP contribution in [0.15, 0.2) is 28.7 Å². The molecular weight excluding hydrogens is 195 g/mol. The molecule has 2 aromatic rings. The van der Waals surface area contributed by atoms with Crippen molar-refractivity contribution in [2.24, 2.45) is 5.73 Å². The molecule has 0 unspecified atom stereocenters. The monoisotopic (exact) mass is 206 g/mol. The van der Waals surface area contributed by atoms with Crippen molar-refractivity contribution in [3.63, 3.8) is 0 Å². The van der Waals surface area contributed by atoms with Crippen molar-refractivity contribution in [3.05, 3.63) is 41.7 Å². The van der Waals surface area contributed by atoms with Crippen molar-refractivity contribution in [1.29, 1.82) is 0 Å². The summed E-state index contributed by atoms with van der Waals surface area (Å²) in [5.41, 5.74) is 7.90. The average Bonchev–Trinajstić information content (AvgIpc) is 2.64. The molecule has 0 fully saturated rings. The molecule has 2 N–H and O–H groups in total. The number of aromatic nitrogens is 1. The molecule has 2 rings (SSSR count). The van der Waals surface area contributed by atoms with Gasteiger partial charge in [-0.15, -0.1) is 0 Å². The highest BCUT2D eigenvalue weighted by Gasteiger charge is 2.09. The van der Waals surface area contributed by atoms with Crippen molar-refractivity contribution in [3.8, 4) is 11.3 Å². The first-order valence-electron chi connectivity index (χ1n) is 4.63. The number of aryl methyl sites for hydroxylation is 1. The lowest BCUT2D eigenvalue weighted by Gasteiger charge is -2.04. The number of pyridine rings is 1. The van der Waals surface area contributed by atoms with E-state index >= 15 is 0 Å². The second kappa shape index (κ2) is 3.82. The van der Waals surface area contributed by atoms with Gasteiger partial charge in [0, 0.05) is 23.9 Å². The number of halogens is 1. The maximum absolute atomic E-state index is 12.7. The van der Waals surface area contributed by atoms with Gasteiger partial charge in [0.05, 0.1) is 5.69 Å². The molecule has 2 aromatic heterocycles. The lowest BCUT2D eigenvalue weighted by molar-refractivity contribution is 0.366. The molecule has 2 heterocycles. The Morgan fingerprint density at radius 1 is 1.33 bits per heavy atom. The smallest absolute Gasteiger partial charge is 0.278 e. The number of rotatable bonds is 2. The summed E-state index contributed by atoms with van der Waals surface area (Å²) in [6, 6.07) is 5.92. The molecule has 0 atom stereocenters. The number of furan rings is 1. The quantitative estimate of drug-likeness (QED) is 0.819. The van der Waals surface area contributed by atoms with E-state index in [2.05, 4.69) is 4.98 Å². The Balaban J connectivity index is 2.52. The molecule has 0 amide bonds. The van der Waals surface area contributed by atoms with E-state index in [9.17, 15) is 4.39 Å². The van der Waals surface area contributed by atoms with E-state index in [0.29, 0.717) is 18.0 Å². The van der Waals surface area contributed by atoms with Gasteiger partial charge in [0.2, 0.25) is 0 Å². The zero-order valence-corrected chi connectivity index (χ0v) is 8.33. The molecular formula is C11H11FN2O. The highest BCUT2D eigenvalue weighted by molar-refractivity contribution is 5.60. The van der Waals surface area contributed by atoms with Crippen molar-refractivity contribution in [2.45, 2.75) is 13.5 Å². The molecule has 78 valence electrons. The largest absolute Gasteiger partial charge is 0.431 e. The van der Waals surface area contributed by atoms with E-state index < -0.39 is 6.01 Å². The molecule has 0 saturated heterocycles. The minimum Gasteiger partial charge on any atom is -0.431 e. The van der Waals surface area contributed by atoms with Gasteiger partial charge < -0.3 is 10.2 Å². The van der Waals surface area contributed by atoms with Gasteiger partial charge in [-0.25, -0.2) is 0 Å². The Hall–Kier alpha value is -1.68. The Morgan fingerprint density at radius 3 is 2.73 bits per heavy atom. The van der Waals surface area contributed by atoms with Crippen LogP contribution in [0.1, 0.15) is 11.4 Å². The minimum absolute atomic E-state index is 0.305. The summed E-state index contributed by atoms with van der Waals surface area (Å²) in [7, 11) is 0. The highest BCUT2D eigenvalue weighted by Crippen LogP contribution is 2.24. The molecule has 4 heteroatoms. The topological polar surface area (TPSA) is 52.0 Å². The Labute approximate surface area is 86.7 Å². The fraction of sp³-hybridized carbons (Fsp3) is 0.182. The number of hydrogen-bond acceptors (Lipinski definition) is 3. The fourth-order valence-electron chi connectivity index (χ4n) is 1.45. The van der Waals surface area contributed by atoms with Crippen LogP contribution >= 0.6 is 0 Å². The number of hydrogen-bond donors (Lipinski definition) is 1. The Kier molecular flexibility index (Phi) is 2.51. The van der Waals surface area contributed by atoms with Crippen molar-refractivity contribution < 1.29 is 8.81 Å². The molecule has 0 saturated carbocycles. The first kappa shape index (κ1) is 9.86. The molecule has 0 bridgehead atoms. The van der Waals surface area contributed by atoms with Crippen LogP contribution < -0.4 is 5.73 Å². The summed E-state index contributed by atoms with van der Waals surface area (Å²) in [5, 5.41) is 0. The summed E-state index contributed by atoms with van der Waals surface area (Å²) in [5.74, 6) is 0.459. The molecule has 0 aliphatic carbocycles. The maximum Gasteiger partial charge on any atom is 0.278 e. The lowest BCUT2D eigenvalue weighted by atomic mass is 10.1. The first-order chi connectivity index (χ1) is 7.20. The Morgan fingerprint density at radius 2 is 2.13 bits per heavy atom. The van der Waals surface area contributed by atoms with Gasteiger partial charge in [0.25, 0.3) is 6.01 Å². The van der Waals surface area contributed by atoms with E-state index in [1.54, 1.807) is 6.07 Å². The van der Waals surface area contributed by atoms with Crippen LogP contribution in [0.25, 0.3) is 11.3 Å². The molecule has 15 heavy (non-hydrogen) atoms. The Bertz CT molecular complexity index is 479. The third-order valence-corrected chi connectivity index (χ3v) is 2.15. The molecule has 0 aliphatic heterocycles. The van der Waals surface area contributed by atoms with Gasteiger partial charge >= 0.3 is 0 Å². The number of nitrogens with zero attached hydrogens (tertiary/aromatic N) is 1. The maximum atomic E-state index is 12.7. The van der Waals surface area contributed by atoms with Crippen LogP contribution in [0.4, 0.5) is 4.39 Å². The molecule has 0 spiro atoms. The van der Waals surface area contributed by atoms with Gasteiger partial charge in [0.15, 0.2) is 0 Å².